The highest BCUT2D eigenvalue weighted by Crippen LogP contribution is 2.20. The summed E-state index contributed by atoms with van der Waals surface area (Å²) in [7, 11) is 0. The molecule has 0 bridgehead atoms. The number of aliphatic hydroxyl groups is 1. The van der Waals surface area contributed by atoms with Gasteiger partial charge in [0.05, 0.1) is 11.8 Å². The lowest BCUT2D eigenvalue weighted by Crippen LogP contribution is -2.28. The molecule has 1 aromatic carbocycles. The molecule has 0 saturated carbocycles. The Morgan fingerprint density at radius 3 is 2.39 bits per heavy atom. The summed E-state index contributed by atoms with van der Waals surface area (Å²) >= 11 is 0. The number of nitrogens with one attached hydrogen (secondary N) is 1. The summed E-state index contributed by atoms with van der Waals surface area (Å²) in [6.45, 7) is 8.07. The number of amides is 1. The van der Waals surface area contributed by atoms with Crippen LogP contribution in [0.2, 0.25) is 0 Å². The van der Waals surface area contributed by atoms with Crippen molar-refractivity contribution < 1.29 is 18.8 Å². The molecule has 1 atom stereocenters. The minimum Gasteiger partial charge on any atom is -0.456 e. The average molecular weight is 382 g/mol. The van der Waals surface area contributed by atoms with Crippen LogP contribution in [0.1, 0.15) is 70.3 Å². The zero-order chi connectivity index (χ0) is 20.3. The normalized spacial score (nSPS) is 12.4. The number of aryl methyl sites for hydroxylation is 2. The highest BCUT2D eigenvalue weighted by Gasteiger charge is 2.16. The van der Waals surface area contributed by atoms with Crippen LogP contribution in [0, 0.1) is 13.8 Å². The van der Waals surface area contributed by atoms with Crippen LogP contribution in [0.3, 0.4) is 0 Å². The molecule has 148 valence electrons. The van der Waals surface area contributed by atoms with Gasteiger partial charge in [0.1, 0.15) is 11.5 Å². The Balaban J connectivity index is 1.57. The minimum atomic E-state index is -0.776. The van der Waals surface area contributed by atoms with E-state index in [1.54, 1.807) is 12.1 Å². The van der Waals surface area contributed by atoms with Gasteiger partial charge >= 0.3 is 0 Å². The van der Waals surface area contributed by atoms with Crippen molar-refractivity contribution in [3.05, 3.63) is 76.1 Å². The Morgan fingerprint density at radius 2 is 1.79 bits per heavy atom. The van der Waals surface area contributed by atoms with Crippen LogP contribution in [0.4, 0.5) is 0 Å². The second-order valence-electron chi connectivity index (χ2n) is 7.29. The summed E-state index contributed by atoms with van der Waals surface area (Å²) in [6, 6.07) is 11.2. The van der Waals surface area contributed by atoms with Gasteiger partial charge in [0.2, 0.25) is 0 Å². The Labute approximate surface area is 164 Å². The van der Waals surface area contributed by atoms with E-state index in [1.807, 2.05) is 38.1 Å². The number of carbonyl (C=O) groups is 1. The quantitative estimate of drug-likeness (QED) is 0.643. The highest BCUT2D eigenvalue weighted by atomic mass is 16.5. The highest BCUT2D eigenvalue weighted by molar-refractivity contribution is 5.91. The van der Waals surface area contributed by atoms with Crippen molar-refractivity contribution in [2.24, 2.45) is 0 Å². The molecule has 0 aliphatic heterocycles. The molecule has 3 rings (SSSR count). The Morgan fingerprint density at radius 1 is 1.11 bits per heavy atom. The van der Waals surface area contributed by atoms with Gasteiger partial charge < -0.3 is 19.4 Å². The molecule has 1 amide bonds. The summed E-state index contributed by atoms with van der Waals surface area (Å²) < 4.78 is 10.8. The average Bonchev–Trinajstić information content (AvgIpc) is 3.28. The van der Waals surface area contributed by atoms with Crippen molar-refractivity contribution >= 4 is 5.91 Å². The molecule has 6 heteroatoms. The summed E-state index contributed by atoms with van der Waals surface area (Å²) in [5, 5.41) is 17.0. The van der Waals surface area contributed by atoms with Gasteiger partial charge in [-0.3, -0.25) is 4.79 Å². The standard InChI is InChI=1S/C22H26N2O4/c1-13(2)16-5-7-17(8-6-16)20(25)12-23-22(26)21-10-9-18(27-21)11-19-14(3)24-28-15(19)4/h5-10,13,20,25H,11-12H2,1-4H3,(H,23,26). The number of furan rings is 1. The molecule has 28 heavy (non-hydrogen) atoms. The first-order valence-electron chi connectivity index (χ1n) is 9.41. The van der Waals surface area contributed by atoms with Crippen molar-refractivity contribution in [3.63, 3.8) is 0 Å². The van der Waals surface area contributed by atoms with E-state index in [1.165, 1.54) is 5.56 Å². The third-order valence-electron chi connectivity index (χ3n) is 4.86. The fourth-order valence-corrected chi connectivity index (χ4v) is 3.02. The van der Waals surface area contributed by atoms with Gasteiger partial charge in [0, 0.05) is 18.5 Å². The lowest BCUT2D eigenvalue weighted by molar-refractivity contribution is 0.0887. The summed E-state index contributed by atoms with van der Waals surface area (Å²) in [5.41, 5.74) is 3.75. The van der Waals surface area contributed by atoms with Crippen LogP contribution in [-0.2, 0) is 6.42 Å². The SMILES string of the molecule is Cc1noc(C)c1Cc1ccc(C(=O)NCC(O)c2ccc(C(C)C)cc2)o1. The lowest BCUT2D eigenvalue weighted by atomic mass is 10.00. The van der Waals surface area contributed by atoms with Crippen molar-refractivity contribution in [2.75, 3.05) is 6.54 Å². The first kappa shape index (κ1) is 19.9. The van der Waals surface area contributed by atoms with Gasteiger partial charge in [-0.15, -0.1) is 0 Å². The van der Waals surface area contributed by atoms with Gasteiger partial charge in [-0.25, -0.2) is 0 Å². The van der Waals surface area contributed by atoms with Crippen LogP contribution < -0.4 is 5.32 Å². The molecule has 3 aromatic rings. The predicted molar refractivity (Wildman–Crippen MR) is 105 cm³/mol. The molecule has 2 N–H and O–H groups in total. The second-order valence-corrected chi connectivity index (χ2v) is 7.29. The zero-order valence-corrected chi connectivity index (χ0v) is 16.7. The molecule has 0 aliphatic carbocycles. The fourth-order valence-electron chi connectivity index (χ4n) is 3.02. The molecule has 0 fully saturated rings. The Bertz CT molecular complexity index is 918. The van der Waals surface area contributed by atoms with Crippen LogP contribution in [0.5, 0.6) is 0 Å². The Kier molecular flexibility index (Phi) is 5.99. The molecule has 0 radical (unpaired) electrons. The Hall–Kier alpha value is -2.86. The third-order valence-corrected chi connectivity index (χ3v) is 4.86. The maximum absolute atomic E-state index is 12.3. The summed E-state index contributed by atoms with van der Waals surface area (Å²) in [6.07, 6.45) is -0.263. The van der Waals surface area contributed by atoms with Crippen molar-refractivity contribution in [2.45, 2.75) is 46.1 Å². The largest absolute Gasteiger partial charge is 0.456 e. The van der Waals surface area contributed by atoms with Gasteiger partial charge in [0.25, 0.3) is 5.91 Å². The maximum Gasteiger partial charge on any atom is 0.287 e. The van der Waals surface area contributed by atoms with Crippen LogP contribution in [0.15, 0.2) is 45.3 Å². The van der Waals surface area contributed by atoms with Crippen molar-refractivity contribution in [1.29, 1.82) is 0 Å². The van der Waals surface area contributed by atoms with Crippen molar-refractivity contribution in [3.8, 4) is 0 Å². The maximum atomic E-state index is 12.3. The van der Waals surface area contributed by atoms with Gasteiger partial charge in [-0.2, -0.15) is 0 Å². The molecule has 0 spiro atoms. The van der Waals surface area contributed by atoms with Gasteiger partial charge in [-0.05, 0) is 43.0 Å². The molecule has 2 aromatic heterocycles. The topological polar surface area (TPSA) is 88.5 Å². The number of benzene rings is 1. The number of aliphatic hydroxyl groups excluding tert-OH is 1. The number of rotatable bonds is 7. The molecule has 2 heterocycles. The number of nitrogens with zero attached hydrogens (tertiary/aromatic N) is 1. The van der Waals surface area contributed by atoms with E-state index in [9.17, 15) is 9.90 Å². The van der Waals surface area contributed by atoms with Gasteiger partial charge in [0.15, 0.2) is 5.76 Å². The predicted octanol–water partition coefficient (Wildman–Crippen LogP) is 4.06. The minimum absolute atomic E-state index is 0.111. The second kappa shape index (κ2) is 8.44. The molecule has 1 unspecified atom stereocenters. The molecular weight excluding hydrogens is 356 g/mol. The summed E-state index contributed by atoms with van der Waals surface area (Å²) in [5.74, 6) is 1.69. The molecule has 0 saturated heterocycles. The summed E-state index contributed by atoms with van der Waals surface area (Å²) in [4.78, 5) is 12.3. The van der Waals surface area contributed by atoms with E-state index < -0.39 is 6.10 Å². The smallest absolute Gasteiger partial charge is 0.287 e. The lowest BCUT2D eigenvalue weighted by Gasteiger charge is -2.13. The number of aromatic nitrogens is 1. The van der Waals surface area contributed by atoms with Crippen LogP contribution in [-0.4, -0.2) is 22.7 Å². The van der Waals surface area contributed by atoms with E-state index in [2.05, 4.69) is 24.3 Å². The van der Waals surface area contributed by atoms with E-state index in [4.69, 9.17) is 8.94 Å². The number of hydrogen-bond acceptors (Lipinski definition) is 5. The van der Waals surface area contributed by atoms with Crippen LogP contribution in [0.25, 0.3) is 0 Å². The fraction of sp³-hybridized carbons (Fsp3) is 0.364. The first-order chi connectivity index (χ1) is 13.3. The molecule has 0 aliphatic rings. The van der Waals surface area contributed by atoms with Crippen molar-refractivity contribution in [1.82, 2.24) is 10.5 Å². The molecular formula is C22H26N2O4. The first-order valence-corrected chi connectivity index (χ1v) is 9.41. The van der Waals surface area contributed by atoms with Crippen LogP contribution >= 0.6 is 0 Å². The van der Waals surface area contributed by atoms with Gasteiger partial charge in [-0.1, -0.05) is 43.3 Å². The monoisotopic (exact) mass is 382 g/mol. The van der Waals surface area contributed by atoms with E-state index in [0.717, 1.165) is 22.6 Å². The van der Waals surface area contributed by atoms with E-state index in [0.29, 0.717) is 18.1 Å². The van der Waals surface area contributed by atoms with E-state index >= 15 is 0 Å². The zero-order valence-electron chi connectivity index (χ0n) is 16.7. The number of hydrogen-bond donors (Lipinski definition) is 2. The third kappa shape index (κ3) is 4.51. The number of carbonyl (C=O) groups excluding carboxylic acids is 1. The molecule has 6 nitrogen and oxygen atoms in total. The van der Waals surface area contributed by atoms with E-state index in [-0.39, 0.29) is 18.2 Å².